The Morgan fingerprint density at radius 2 is 1.87 bits per heavy atom. The minimum absolute atomic E-state index is 0.347. The molecule has 2 aromatic carbocycles. The Bertz CT molecular complexity index is 947. The number of nitrogens with one attached hydrogen (secondary N) is 1. The van der Waals surface area contributed by atoms with Crippen molar-refractivity contribution in [3.63, 3.8) is 0 Å². The predicted octanol–water partition coefficient (Wildman–Crippen LogP) is 1.37. The van der Waals surface area contributed by atoms with Crippen molar-refractivity contribution < 1.29 is 19.1 Å². The number of para-hydroxylation sites is 1. The minimum Gasteiger partial charge on any atom is -0.496 e. The van der Waals surface area contributed by atoms with Crippen LogP contribution in [0, 0.1) is 0 Å². The summed E-state index contributed by atoms with van der Waals surface area (Å²) in [7, 11) is 1.60. The quantitative estimate of drug-likeness (QED) is 0.504. The lowest BCUT2D eigenvalue weighted by Crippen LogP contribution is -2.33. The van der Waals surface area contributed by atoms with Gasteiger partial charge < -0.3 is 14.8 Å². The molecule has 0 saturated heterocycles. The number of esters is 1. The van der Waals surface area contributed by atoms with Gasteiger partial charge in [-0.1, -0.05) is 48.5 Å². The standard InChI is InChI=1S/C21H23N5O4/c1-29-19-10-6-5-9-17(19)11-12-22-20(27)14-30-21(28)18(26-15-23-24-25-26)13-16-7-3-2-4-8-16/h2-10,15,18H,11-14H2,1H3,(H,22,27)/t18-/m0/s1. The molecule has 3 aromatic rings. The van der Waals surface area contributed by atoms with Gasteiger partial charge in [-0.05, 0) is 34.0 Å². The average molecular weight is 409 g/mol. The third-order valence-corrected chi connectivity index (χ3v) is 4.48. The summed E-state index contributed by atoms with van der Waals surface area (Å²) in [6.07, 6.45) is 2.30. The van der Waals surface area contributed by atoms with Gasteiger partial charge in [0, 0.05) is 13.0 Å². The number of hydrogen-bond acceptors (Lipinski definition) is 7. The van der Waals surface area contributed by atoms with Crippen LogP contribution in [0.25, 0.3) is 0 Å². The van der Waals surface area contributed by atoms with Crippen molar-refractivity contribution in [2.24, 2.45) is 0 Å². The van der Waals surface area contributed by atoms with Gasteiger partial charge in [0.05, 0.1) is 7.11 Å². The molecule has 1 N–H and O–H groups in total. The van der Waals surface area contributed by atoms with Crippen LogP contribution in [0.1, 0.15) is 17.2 Å². The second-order valence-corrected chi connectivity index (χ2v) is 6.51. The fraction of sp³-hybridized carbons (Fsp3) is 0.286. The number of ether oxygens (including phenoxy) is 2. The highest BCUT2D eigenvalue weighted by atomic mass is 16.5. The molecule has 1 aromatic heterocycles. The molecular weight excluding hydrogens is 386 g/mol. The highest BCUT2D eigenvalue weighted by molar-refractivity contribution is 5.81. The van der Waals surface area contributed by atoms with Crippen LogP contribution in [0.5, 0.6) is 5.75 Å². The van der Waals surface area contributed by atoms with Crippen LogP contribution in [0.3, 0.4) is 0 Å². The van der Waals surface area contributed by atoms with Gasteiger partial charge in [0.1, 0.15) is 12.1 Å². The molecule has 0 bridgehead atoms. The lowest BCUT2D eigenvalue weighted by Gasteiger charge is -2.15. The maximum atomic E-state index is 12.6. The molecule has 1 amide bonds. The van der Waals surface area contributed by atoms with E-state index in [1.54, 1.807) is 7.11 Å². The SMILES string of the molecule is COc1ccccc1CCNC(=O)COC(=O)[C@H](Cc1ccccc1)n1cnnn1. The van der Waals surface area contributed by atoms with Crippen LogP contribution in [0.15, 0.2) is 60.9 Å². The predicted molar refractivity (Wildman–Crippen MR) is 108 cm³/mol. The highest BCUT2D eigenvalue weighted by Crippen LogP contribution is 2.17. The van der Waals surface area contributed by atoms with E-state index in [9.17, 15) is 9.59 Å². The first-order chi connectivity index (χ1) is 14.7. The maximum absolute atomic E-state index is 12.6. The van der Waals surface area contributed by atoms with Crippen molar-refractivity contribution >= 4 is 11.9 Å². The number of amides is 1. The number of aromatic nitrogens is 4. The molecule has 0 aliphatic carbocycles. The van der Waals surface area contributed by atoms with E-state index in [0.29, 0.717) is 19.4 Å². The van der Waals surface area contributed by atoms with E-state index in [2.05, 4.69) is 20.8 Å². The molecule has 1 atom stereocenters. The third kappa shape index (κ3) is 5.87. The zero-order valence-electron chi connectivity index (χ0n) is 16.6. The molecule has 0 unspecified atom stereocenters. The molecule has 30 heavy (non-hydrogen) atoms. The smallest absolute Gasteiger partial charge is 0.331 e. The number of rotatable bonds is 10. The molecule has 1 heterocycles. The van der Waals surface area contributed by atoms with Crippen molar-refractivity contribution in [3.8, 4) is 5.75 Å². The zero-order chi connectivity index (χ0) is 21.2. The normalized spacial score (nSPS) is 11.5. The maximum Gasteiger partial charge on any atom is 0.331 e. The first-order valence-electron chi connectivity index (χ1n) is 9.49. The molecule has 156 valence electrons. The number of benzene rings is 2. The summed E-state index contributed by atoms with van der Waals surface area (Å²) in [6, 6.07) is 16.3. The topological polar surface area (TPSA) is 108 Å². The van der Waals surface area contributed by atoms with Gasteiger partial charge >= 0.3 is 5.97 Å². The Labute approximate surface area is 174 Å². The molecular formula is C21H23N5O4. The monoisotopic (exact) mass is 409 g/mol. The van der Waals surface area contributed by atoms with Crippen LogP contribution in [0.4, 0.5) is 0 Å². The van der Waals surface area contributed by atoms with Gasteiger partial charge in [0.2, 0.25) is 0 Å². The lowest BCUT2D eigenvalue weighted by atomic mass is 10.1. The summed E-state index contributed by atoms with van der Waals surface area (Å²) in [6.45, 7) is 0.0232. The molecule has 0 aliphatic heterocycles. The molecule has 9 nitrogen and oxygen atoms in total. The fourth-order valence-corrected chi connectivity index (χ4v) is 2.96. The van der Waals surface area contributed by atoms with E-state index in [-0.39, 0.29) is 12.5 Å². The Morgan fingerprint density at radius 3 is 2.60 bits per heavy atom. The highest BCUT2D eigenvalue weighted by Gasteiger charge is 2.24. The van der Waals surface area contributed by atoms with Crippen molar-refractivity contribution in [2.75, 3.05) is 20.3 Å². The van der Waals surface area contributed by atoms with E-state index < -0.39 is 12.0 Å². The van der Waals surface area contributed by atoms with Crippen molar-refractivity contribution in [1.29, 1.82) is 0 Å². The van der Waals surface area contributed by atoms with Crippen molar-refractivity contribution in [2.45, 2.75) is 18.9 Å². The number of carbonyl (C=O) groups is 2. The van der Waals surface area contributed by atoms with E-state index >= 15 is 0 Å². The van der Waals surface area contributed by atoms with Gasteiger partial charge in [0.15, 0.2) is 12.6 Å². The molecule has 0 fully saturated rings. The second kappa shape index (κ2) is 10.7. The van der Waals surface area contributed by atoms with Crippen LogP contribution < -0.4 is 10.1 Å². The molecule has 0 spiro atoms. The molecule has 0 radical (unpaired) electrons. The van der Waals surface area contributed by atoms with Gasteiger partial charge in [-0.25, -0.2) is 9.48 Å². The molecule has 3 rings (SSSR count). The first-order valence-corrected chi connectivity index (χ1v) is 9.49. The Kier molecular flexibility index (Phi) is 7.48. The van der Waals surface area contributed by atoms with Gasteiger partial charge in [0.25, 0.3) is 5.91 Å². The average Bonchev–Trinajstić information content (AvgIpc) is 3.31. The molecule has 9 heteroatoms. The summed E-state index contributed by atoms with van der Waals surface area (Å²) < 4.78 is 11.8. The second-order valence-electron chi connectivity index (χ2n) is 6.51. The van der Waals surface area contributed by atoms with E-state index in [4.69, 9.17) is 9.47 Å². The van der Waals surface area contributed by atoms with E-state index in [0.717, 1.165) is 16.9 Å². The molecule has 0 aliphatic rings. The van der Waals surface area contributed by atoms with Crippen LogP contribution in [0.2, 0.25) is 0 Å². The fourth-order valence-electron chi connectivity index (χ4n) is 2.96. The number of tetrazole rings is 1. The number of methoxy groups -OCH3 is 1. The first kappa shape index (κ1) is 21.0. The van der Waals surface area contributed by atoms with Gasteiger partial charge in [-0.3, -0.25) is 4.79 Å². The Morgan fingerprint density at radius 1 is 1.10 bits per heavy atom. The zero-order valence-corrected chi connectivity index (χ0v) is 16.6. The summed E-state index contributed by atoms with van der Waals surface area (Å²) >= 11 is 0. The lowest BCUT2D eigenvalue weighted by molar-refractivity contribution is -0.152. The number of hydrogen-bond donors (Lipinski definition) is 1. The summed E-state index contributed by atoms with van der Waals surface area (Å²) in [5.74, 6) is -0.192. The van der Waals surface area contributed by atoms with Gasteiger partial charge in [-0.2, -0.15) is 0 Å². The summed E-state index contributed by atoms with van der Waals surface area (Å²) in [5, 5.41) is 13.7. The largest absolute Gasteiger partial charge is 0.496 e. The van der Waals surface area contributed by atoms with Crippen LogP contribution in [-0.4, -0.2) is 52.3 Å². The molecule has 0 saturated carbocycles. The van der Waals surface area contributed by atoms with Crippen LogP contribution in [-0.2, 0) is 27.2 Å². The van der Waals surface area contributed by atoms with E-state index in [1.165, 1.54) is 11.0 Å². The van der Waals surface area contributed by atoms with Crippen molar-refractivity contribution in [3.05, 3.63) is 72.1 Å². The Balaban J connectivity index is 1.50. The van der Waals surface area contributed by atoms with Crippen molar-refractivity contribution in [1.82, 2.24) is 25.5 Å². The summed E-state index contributed by atoms with van der Waals surface area (Å²) in [5.41, 5.74) is 1.91. The third-order valence-electron chi connectivity index (χ3n) is 4.48. The number of nitrogens with zero attached hydrogens (tertiary/aromatic N) is 4. The Hall–Kier alpha value is -3.75. The van der Waals surface area contributed by atoms with Crippen LogP contribution >= 0.6 is 0 Å². The van der Waals surface area contributed by atoms with E-state index in [1.807, 2.05) is 54.6 Å². The minimum atomic E-state index is -0.760. The summed E-state index contributed by atoms with van der Waals surface area (Å²) in [4.78, 5) is 24.7. The number of carbonyl (C=O) groups excluding carboxylic acids is 2. The van der Waals surface area contributed by atoms with Gasteiger partial charge in [-0.15, -0.1) is 5.10 Å².